The molecule has 2 N–H and O–H groups in total. The second kappa shape index (κ2) is 7.31. The van der Waals surface area contributed by atoms with Crippen molar-refractivity contribution in [2.75, 3.05) is 20.1 Å². The average molecular weight is 311 g/mol. The number of hydrogen-bond donors (Lipinski definition) is 2. The van der Waals surface area contributed by atoms with Crippen LogP contribution in [0.5, 0.6) is 0 Å². The number of benzene rings is 1. The molecule has 0 saturated carbocycles. The van der Waals surface area contributed by atoms with E-state index in [2.05, 4.69) is 44.2 Å². The van der Waals surface area contributed by atoms with Gasteiger partial charge in [0.1, 0.15) is 5.82 Å². The lowest BCUT2D eigenvalue weighted by Gasteiger charge is -2.32. The molecule has 1 fully saturated rings. The smallest absolute Gasteiger partial charge is 0.194 e. The lowest BCUT2D eigenvalue weighted by molar-refractivity contribution is 0.273. The lowest BCUT2D eigenvalue weighted by atomic mass is 10.00. The van der Waals surface area contributed by atoms with Crippen molar-refractivity contribution >= 4 is 5.96 Å². The summed E-state index contributed by atoms with van der Waals surface area (Å²) in [7, 11) is 1.85. The highest BCUT2D eigenvalue weighted by Crippen LogP contribution is 2.17. The molecular weight excluding hydrogens is 286 g/mol. The molecule has 2 aromatic rings. The zero-order valence-corrected chi connectivity index (χ0v) is 13.9. The maximum Gasteiger partial charge on any atom is 0.194 e. The monoisotopic (exact) mass is 311 g/mol. The predicted molar refractivity (Wildman–Crippen MR) is 94.2 cm³/mol. The van der Waals surface area contributed by atoms with Crippen molar-refractivity contribution in [1.82, 2.24) is 20.2 Å². The highest BCUT2D eigenvalue weighted by Gasteiger charge is 2.18. The van der Waals surface area contributed by atoms with Crippen LogP contribution in [0.25, 0.3) is 11.3 Å². The first-order valence-electron chi connectivity index (χ1n) is 8.31. The zero-order valence-electron chi connectivity index (χ0n) is 13.9. The summed E-state index contributed by atoms with van der Waals surface area (Å²) in [4.78, 5) is 14.6. The first-order valence-corrected chi connectivity index (χ1v) is 8.31. The van der Waals surface area contributed by atoms with Gasteiger partial charge >= 0.3 is 0 Å². The van der Waals surface area contributed by atoms with Gasteiger partial charge in [-0.2, -0.15) is 0 Å². The van der Waals surface area contributed by atoms with E-state index in [1.807, 2.05) is 31.4 Å². The normalized spacial score (nSPS) is 16.6. The zero-order chi connectivity index (χ0) is 16.1. The number of aliphatic imine (C=N–C) groups is 1. The van der Waals surface area contributed by atoms with E-state index in [0.717, 1.165) is 42.0 Å². The van der Waals surface area contributed by atoms with Crippen LogP contribution in [0.2, 0.25) is 0 Å². The molecule has 0 spiro atoms. The molecule has 1 aromatic carbocycles. The van der Waals surface area contributed by atoms with Crippen LogP contribution in [0.3, 0.4) is 0 Å². The minimum absolute atomic E-state index is 0.658. The standard InChI is InChI=1S/C18H25N5/c1-14-8-10-23(11-9-14)18(19-2)21-13-17-20-12-16(22-17)15-6-4-3-5-7-15/h3-7,12,14H,8-11,13H2,1-2H3,(H,19,21)(H,20,22). The second-order valence-corrected chi connectivity index (χ2v) is 6.18. The van der Waals surface area contributed by atoms with E-state index in [-0.39, 0.29) is 0 Å². The van der Waals surface area contributed by atoms with E-state index in [0.29, 0.717) is 6.54 Å². The molecule has 0 aliphatic carbocycles. The Morgan fingerprint density at radius 3 is 2.74 bits per heavy atom. The highest BCUT2D eigenvalue weighted by molar-refractivity contribution is 5.79. The molecule has 0 radical (unpaired) electrons. The van der Waals surface area contributed by atoms with Gasteiger partial charge in [0.05, 0.1) is 18.4 Å². The number of nitrogens with one attached hydrogen (secondary N) is 2. The van der Waals surface area contributed by atoms with Gasteiger partial charge in [-0.05, 0) is 24.3 Å². The number of rotatable bonds is 3. The fourth-order valence-electron chi connectivity index (χ4n) is 2.93. The van der Waals surface area contributed by atoms with Crippen LogP contribution in [-0.4, -0.2) is 41.0 Å². The van der Waals surface area contributed by atoms with Crippen molar-refractivity contribution in [3.05, 3.63) is 42.4 Å². The molecule has 1 aromatic heterocycles. The van der Waals surface area contributed by atoms with E-state index in [4.69, 9.17) is 0 Å². The van der Waals surface area contributed by atoms with Gasteiger partial charge in [-0.25, -0.2) is 4.98 Å². The van der Waals surface area contributed by atoms with Crippen molar-refractivity contribution in [3.8, 4) is 11.3 Å². The largest absolute Gasteiger partial charge is 0.349 e. The van der Waals surface area contributed by atoms with Crippen LogP contribution in [0, 0.1) is 5.92 Å². The summed E-state index contributed by atoms with van der Waals surface area (Å²) >= 11 is 0. The Morgan fingerprint density at radius 2 is 2.04 bits per heavy atom. The predicted octanol–water partition coefficient (Wildman–Crippen LogP) is 2.88. The molecule has 1 aliphatic rings. The number of imidazole rings is 1. The average Bonchev–Trinajstić information content (AvgIpc) is 3.07. The van der Waals surface area contributed by atoms with Gasteiger partial charge in [0.15, 0.2) is 5.96 Å². The third kappa shape index (κ3) is 3.92. The van der Waals surface area contributed by atoms with Crippen molar-refractivity contribution in [3.63, 3.8) is 0 Å². The molecule has 5 nitrogen and oxygen atoms in total. The molecule has 2 heterocycles. The van der Waals surface area contributed by atoms with Crippen LogP contribution in [0.1, 0.15) is 25.6 Å². The van der Waals surface area contributed by atoms with Crippen molar-refractivity contribution in [2.45, 2.75) is 26.3 Å². The minimum atomic E-state index is 0.658. The van der Waals surface area contributed by atoms with Gasteiger partial charge in [-0.15, -0.1) is 0 Å². The van der Waals surface area contributed by atoms with Gasteiger partial charge in [0.25, 0.3) is 0 Å². The Balaban J connectivity index is 1.58. The maximum absolute atomic E-state index is 4.46. The number of nitrogens with zero attached hydrogens (tertiary/aromatic N) is 3. The van der Waals surface area contributed by atoms with Gasteiger partial charge in [0.2, 0.25) is 0 Å². The van der Waals surface area contributed by atoms with Crippen LogP contribution >= 0.6 is 0 Å². The van der Waals surface area contributed by atoms with Gasteiger partial charge < -0.3 is 15.2 Å². The Morgan fingerprint density at radius 1 is 1.30 bits per heavy atom. The summed E-state index contributed by atoms with van der Waals surface area (Å²) in [5.41, 5.74) is 2.20. The lowest BCUT2D eigenvalue weighted by Crippen LogP contribution is -2.45. The number of aromatic amines is 1. The third-order valence-electron chi connectivity index (χ3n) is 4.42. The van der Waals surface area contributed by atoms with Crippen LogP contribution in [0.15, 0.2) is 41.5 Å². The Bertz CT molecular complexity index is 638. The molecule has 23 heavy (non-hydrogen) atoms. The molecular formula is C18H25N5. The summed E-state index contributed by atoms with van der Waals surface area (Å²) < 4.78 is 0. The first kappa shape index (κ1) is 15.6. The topological polar surface area (TPSA) is 56.3 Å². The number of aromatic nitrogens is 2. The summed E-state index contributed by atoms with van der Waals surface area (Å²) in [6.07, 6.45) is 4.36. The molecule has 3 rings (SSSR count). The van der Waals surface area contributed by atoms with E-state index >= 15 is 0 Å². The number of hydrogen-bond acceptors (Lipinski definition) is 2. The Kier molecular flexibility index (Phi) is 4.95. The fraction of sp³-hybridized carbons (Fsp3) is 0.444. The SMILES string of the molecule is CN=C(NCc1ncc(-c2ccccc2)[nH]1)N1CCC(C)CC1. The van der Waals surface area contributed by atoms with Gasteiger partial charge in [0, 0.05) is 20.1 Å². The van der Waals surface area contributed by atoms with Gasteiger partial charge in [-0.3, -0.25) is 4.99 Å². The third-order valence-corrected chi connectivity index (χ3v) is 4.42. The quantitative estimate of drug-likeness (QED) is 0.677. The summed E-state index contributed by atoms with van der Waals surface area (Å²) in [5.74, 6) is 2.72. The number of guanidine groups is 1. The number of piperidine rings is 1. The van der Waals surface area contributed by atoms with E-state index in [9.17, 15) is 0 Å². The molecule has 0 bridgehead atoms. The summed E-state index contributed by atoms with van der Waals surface area (Å²) in [5, 5.41) is 3.42. The molecule has 0 atom stereocenters. The highest BCUT2D eigenvalue weighted by atomic mass is 15.3. The van der Waals surface area contributed by atoms with Crippen molar-refractivity contribution in [1.29, 1.82) is 0 Å². The molecule has 1 saturated heterocycles. The van der Waals surface area contributed by atoms with Crippen molar-refractivity contribution in [2.24, 2.45) is 10.9 Å². The Hall–Kier alpha value is -2.30. The minimum Gasteiger partial charge on any atom is -0.349 e. The molecule has 1 aliphatic heterocycles. The summed E-state index contributed by atoms with van der Waals surface area (Å²) in [6, 6.07) is 10.3. The molecule has 0 unspecified atom stereocenters. The molecule has 122 valence electrons. The van der Waals surface area contributed by atoms with Crippen LogP contribution < -0.4 is 5.32 Å². The van der Waals surface area contributed by atoms with E-state index in [1.54, 1.807) is 0 Å². The van der Waals surface area contributed by atoms with Crippen molar-refractivity contribution < 1.29 is 0 Å². The first-order chi connectivity index (χ1) is 11.3. The fourth-order valence-corrected chi connectivity index (χ4v) is 2.93. The maximum atomic E-state index is 4.46. The molecule has 0 amide bonds. The summed E-state index contributed by atoms with van der Waals surface area (Å²) in [6.45, 7) is 5.13. The molecule has 5 heteroatoms. The number of likely N-dealkylation sites (tertiary alicyclic amines) is 1. The Labute approximate surface area is 137 Å². The van der Waals surface area contributed by atoms with E-state index in [1.165, 1.54) is 12.8 Å². The van der Waals surface area contributed by atoms with Gasteiger partial charge in [-0.1, -0.05) is 37.3 Å². The number of H-pyrrole nitrogens is 1. The van der Waals surface area contributed by atoms with Crippen LogP contribution in [0.4, 0.5) is 0 Å². The van der Waals surface area contributed by atoms with Crippen LogP contribution in [-0.2, 0) is 6.54 Å². The second-order valence-electron chi connectivity index (χ2n) is 6.18. The van der Waals surface area contributed by atoms with E-state index < -0.39 is 0 Å².